The van der Waals surface area contributed by atoms with Crippen LogP contribution in [0.2, 0.25) is 5.15 Å². The summed E-state index contributed by atoms with van der Waals surface area (Å²) in [7, 11) is 0. The lowest BCUT2D eigenvalue weighted by Crippen LogP contribution is -2.22. The van der Waals surface area contributed by atoms with E-state index in [1.165, 1.54) is 0 Å². The molecule has 1 N–H and O–H groups in total. The summed E-state index contributed by atoms with van der Waals surface area (Å²) >= 11 is 5.71. The summed E-state index contributed by atoms with van der Waals surface area (Å²) in [4.78, 5) is 16.0. The molecule has 0 unspecified atom stereocenters. The van der Waals surface area contributed by atoms with Crippen molar-refractivity contribution in [3.63, 3.8) is 0 Å². The van der Waals surface area contributed by atoms with E-state index in [0.717, 1.165) is 11.1 Å². The van der Waals surface area contributed by atoms with Gasteiger partial charge in [-0.15, -0.1) is 0 Å². The van der Waals surface area contributed by atoms with Crippen LogP contribution in [0.3, 0.4) is 0 Å². The van der Waals surface area contributed by atoms with Crippen LogP contribution in [-0.2, 0) is 6.54 Å². The molecule has 4 nitrogen and oxygen atoms in total. The predicted molar refractivity (Wildman–Crippen MR) is 87.2 cm³/mol. The number of benzene rings is 1. The van der Waals surface area contributed by atoms with Gasteiger partial charge in [0.15, 0.2) is 0 Å². The SMILES string of the molecule is C=C(C)COc1ccc(C(=O)NCc2ccc(Cl)nc2)cc1. The molecule has 0 spiro atoms. The minimum Gasteiger partial charge on any atom is -0.489 e. The van der Waals surface area contributed by atoms with E-state index >= 15 is 0 Å². The number of halogens is 1. The summed E-state index contributed by atoms with van der Waals surface area (Å²) in [5.74, 6) is 0.558. The molecule has 0 aliphatic rings. The average molecular weight is 317 g/mol. The fourth-order valence-electron chi connectivity index (χ4n) is 1.70. The molecule has 1 aromatic carbocycles. The maximum atomic E-state index is 12.0. The lowest BCUT2D eigenvalue weighted by atomic mass is 10.2. The summed E-state index contributed by atoms with van der Waals surface area (Å²) in [5, 5.41) is 3.26. The highest BCUT2D eigenvalue weighted by Gasteiger charge is 2.06. The number of carbonyl (C=O) groups excluding carboxylic acids is 1. The fraction of sp³-hybridized carbons (Fsp3) is 0.176. The molecule has 0 fully saturated rings. The zero-order valence-electron chi connectivity index (χ0n) is 12.3. The van der Waals surface area contributed by atoms with Crippen LogP contribution in [0.25, 0.3) is 0 Å². The number of aromatic nitrogens is 1. The number of hydrogen-bond donors (Lipinski definition) is 1. The number of rotatable bonds is 6. The highest BCUT2D eigenvalue weighted by Crippen LogP contribution is 2.13. The number of hydrogen-bond acceptors (Lipinski definition) is 3. The lowest BCUT2D eigenvalue weighted by Gasteiger charge is -2.08. The van der Waals surface area contributed by atoms with Crippen LogP contribution in [0.4, 0.5) is 0 Å². The lowest BCUT2D eigenvalue weighted by molar-refractivity contribution is 0.0951. The van der Waals surface area contributed by atoms with E-state index in [0.29, 0.717) is 29.6 Å². The van der Waals surface area contributed by atoms with Crippen molar-refractivity contribution in [1.82, 2.24) is 10.3 Å². The smallest absolute Gasteiger partial charge is 0.251 e. The van der Waals surface area contributed by atoms with Gasteiger partial charge in [-0.2, -0.15) is 0 Å². The van der Waals surface area contributed by atoms with Crippen LogP contribution in [0.5, 0.6) is 5.75 Å². The summed E-state index contributed by atoms with van der Waals surface area (Å²) in [6.07, 6.45) is 1.64. The molecule has 1 amide bonds. The van der Waals surface area contributed by atoms with Crippen molar-refractivity contribution >= 4 is 17.5 Å². The van der Waals surface area contributed by atoms with Gasteiger partial charge in [-0.25, -0.2) is 4.98 Å². The first-order valence-electron chi connectivity index (χ1n) is 6.80. The van der Waals surface area contributed by atoms with Crippen molar-refractivity contribution in [2.24, 2.45) is 0 Å². The predicted octanol–water partition coefficient (Wildman–Crippen LogP) is 3.62. The van der Waals surface area contributed by atoms with E-state index < -0.39 is 0 Å². The van der Waals surface area contributed by atoms with Gasteiger partial charge in [0.1, 0.15) is 17.5 Å². The quantitative estimate of drug-likeness (QED) is 0.654. The van der Waals surface area contributed by atoms with Crippen LogP contribution in [0.15, 0.2) is 54.7 Å². The standard InChI is InChI=1S/C17H17ClN2O2/c1-12(2)11-22-15-6-4-14(5-7-15)17(21)20-10-13-3-8-16(18)19-9-13/h3-9H,1,10-11H2,2H3,(H,20,21). The van der Waals surface area contributed by atoms with Crippen molar-refractivity contribution in [1.29, 1.82) is 0 Å². The second-order valence-electron chi connectivity index (χ2n) is 4.94. The molecule has 5 heteroatoms. The van der Waals surface area contributed by atoms with Gasteiger partial charge in [0.2, 0.25) is 0 Å². The van der Waals surface area contributed by atoms with Crippen LogP contribution < -0.4 is 10.1 Å². The third-order valence-electron chi connectivity index (χ3n) is 2.84. The van der Waals surface area contributed by atoms with Crippen molar-refractivity contribution in [3.8, 4) is 5.75 Å². The maximum Gasteiger partial charge on any atom is 0.251 e. The molecule has 2 rings (SSSR count). The summed E-state index contributed by atoms with van der Waals surface area (Å²) in [6, 6.07) is 10.5. The number of nitrogens with zero attached hydrogens (tertiary/aromatic N) is 1. The Balaban J connectivity index is 1.89. The Hall–Kier alpha value is -2.33. The van der Waals surface area contributed by atoms with Crippen molar-refractivity contribution < 1.29 is 9.53 Å². The van der Waals surface area contributed by atoms with Crippen LogP contribution in [0, 0.1) is 0 Å². The van der Waals surface area contributed by atoms with Gasteiger partial charge in [-0.05, 0) is 48.4 Å². The molecular weight excluding hydrogens is 300 g/mol. The second kappa shape index (κ2) is 7.61. The minimum atomic E-state index is -0.151. The number of ether oxygens (including phenoxy) is 1. The molecular formula is C17H17ClN2O2. The molecule has 0 bridgehead atoms. The van der Waals surface area contributed by atoms with E-state index in [4.69, 9.17) is 16.3 Å². The number of carbonyl (C=O) groups is 1. The molecule has 1 aromatic heterocycles. The van der Waals surface area contributed by atoms with E-state index in [2.05, 4.69) is 16.9 Å². The van der Waals surface area contributed by atoms with Gasteiger partial charge in [0, 0.05) is 18.3 Å². The Bertz CT molecular complexity index is 651. The number of amides is 1. The van der Waals surface area contributed by atoms with Gasteiger partial charge < -0.3 is 10.1 Å². The Kier molecular flexibility index (Phi) is 5.55. The molecule has 1 heterocycles. The average Bonchev–Trinajstić information content (AvgIpc) is 2.52. The Morgan fingerprint density at radius 2 is 2.00 bits per heavy atom. The molecule has 2 aromatic rings. The third-order valence-corrected chi connectivity index (χ3v) is 3.07. The molecule has 114 valence electrons. The molecule has 0 aliphatic heterocycles. The monoisotopic (exact) mass is 316 g/mol. The minimum absolute atomic E-state index is 0.151. The van der Waals surface area contributed by atoms with Gasteiger partial charge in [-0.1, -0.05) is 24.2 Å². The molecule has 0 radical (unpaired) electrons. The highest BCUT2D eigenvalue weighted by atomic mass is 35.5. The molecule has 0 aliphatic carbocycles. The summed E-state index contributed by atoms with van der Waals surface area (Å²) in [5.41, 5.74) is 2.40. The van der Waals surface area contributed by atoms with Gasteiger partial charge in [0.05, 0.1) is 0 Å². The maximum absolute atomic E-state index is 12.0. The first-order valence-corrected chi connectivity index (χ1v) is 7.18. The molecule has 0 atom stereocenters. The van der Waals surface area contributed by atoms with Crippen molar-refractivity contribution in [2.75, 3.05) is 6.61 Å². The Labute approximate surface area is 134 Å². The Morgan fingerprint density at radius 1 is 1.27 bits per heavy atom. The van der Waals surface area contributed by atoms with E-state index in [9.17, 15) is 4.79 Å². The number of pyridine rings is 1. The summed E-state index contributed by atoms with van der Waals surface area (Å²) in [6.45, 7) is 6.54. The normalized spacial score (nSPS) is 10.1. The zero-order chi connectivity index (χ0) is 15.9. The Morgan fingerprint density at radius 3 is 2.59 bits per heavy atom. The van der Waals surface area contributed by atoms with Crippen molar-refractivity contribution in [3.05, 3.63) is 71.0 Å². The molecule has 0 saturated carbocycles. The van der Waals surface area contributed by atoms with Crippen LogP contribution >= 0.6 is 11.6 Å². The molecule has 0 saturated heterocycles. The van der Waals surface area contributed by atoms with E-state index in [1.807, 2.05) is 13.0 Å². The topological polar surface area (TPSA) is 51.2 Å². The van der Waals surface area contributed by atoms with Crippen LogP contribution in [-0.4, -0.2) is 17.5 Å². The fourth-order valence-corrected chi connectivity index (χ4v) is 1.82. The third kappa shape index (κ3) is 4.90. The van der Waals surface area contributed by atoms with Gasteiger partial charge in [0.25, 0.3) is 5.91 Å². The van der Waals surface area contributed by atoms with E-state index in [-0.39, 0.29) is 5.91 Å². The molecule has 22 heavy (non-hydrogen) atoms. The summed E-state index contributed by atoms with van der Waals surface area (Å²) < 4.78 is 5.49. The van der Waals surface area contributed by atoms with Gasteiger partial charge in [-0.3, -0.25) is 4.79 Å². The van der Waals surface area contributed by atoms with E-state index in [1.54, 1.807) is 36.5 Å². The van der Waals surface area contributed by atoms with Crippen LogP contribution in [0.1, 0.15) is 22.8 Å². The zero-order valence-corrected chi connectivity index (χ0v) is 13.1. The highest BCUT2D eigenvalue weighted by molar-refractivity contribution is 6.29. The van der Waals surface area contributed by atoms with Crippen molar-refractivity contribution in [2.45, 2.75) is 13.5 Å². The first kappa shape index (κ1) is 16.0. The van der Waals surface area contributed by atoms with Gasteiger partial charge >= 0.3 is 0 Å². The first-order chi connectivity index (χ1) is 10.5. The largest absolute Gasteiger partial charge is 0.489 e. The number of nitrogens with one attached hydrogen (secondary N) is 1. The second-order valence-corrected chi connectivity index (χ2v) is 5.33.